The summed E-state index contributed by atoms with van der Waals surface area (Å²) in [7, 11) is 0. The first-order valence-corrected chi connectivity index (χ1v) is 5.99. The van der Waals surface area contributed by atoms with Crippen LogP contribution in [0.5, 0.6) is 0 Å². The van der Waals surface area contributed by atoms with E-state index in [-0.39, 0.29) is 6.29 Å². The molecule has 0 spiro atoms. The molecule has 3 heteroatoms. The Morgan fingerprint density at radius 1 is 1.35 bits per heavy atom. The van der Waals surface area contributed by atoms with Gasteiger partial charge in [0.05, 0.1) is 0 Å². The maximum absolute atomic E-state index is 5.87. The zero-order chi connectivity index (χ0) is 12.7. The van der Waals surface area contributed by atoms with Gasteiger partial charge in [0.15, 0.2) is 6.29 Å². The van der Waals surface area contributed by atoms with Crippen LogP contribution in [0.1, 0.15) is 25.0 Å². The topological polar surface area (TPSA) is 18.5 Å². The van der Waals surface area contributed by atoms with Gasteiger partial charge in [-0.2, -0.15) is 0 Å². The highest BCUT2D eigenvalue weighted by atomic mass is 35.5. The third-order valence-corrected chi connectivity index (χ3v) is 2.44. The van der Waals surface area contributed by atoms with E-state index in [0.717, 1.165) is 16.1 Å². The van der Waals surface area contributed by atoms with Crippen LogP contribution in [0.3, 0.4) is 0 Å². The van der Waals surface area contributed by atoms with Crippen LogP contribution in [0, 0.1) is 18.8 Å². The molecular formula is C14H17ClO2. The summed E-state index contributed by atoms with van der Waals surface area (Å²) in [6.45, 7) is 6.79. The monoisotopic (exact) mass is 252 g/mol. The minimum Gasteiger partial charge on any atom is -0.353 e. The van der Waals surface area contributed by atoms with Crippen LogP contribution in [0.25, 0.3) is 0 Å². The lowest BCUT2D eigenvalue weighted by atomic mass is 10.1. The Hall–Kier alpha value is -1.01. The second-order valence-electron chi connectivity index (χ2n) is 3.59. The van der Waals surface area contributed by atoms with Crippen molar-refractivity contribution in [3.63, 3.8) is 0 Å². The molecule has 1 rings (SSSR count). The first kappa shape index (κ1) is 14.1. The van der Waals surface area contributed by atoms with Gasteiger partial charge in [-0.1, -0.05) is 23.4 Å². The van der Waals surface area contributed by atoms with Crippen molar-refractivity contribution in [1.29, 1.82) is 0 Å². The molecule has 0 amide bonds. The molecule has 92 valence electrons. The highest BCUT2D eigenvalue weighted by Crippen LogP contribution is 2.13. The van der Waals surface area contributed by atoms with Crippen LogP contribution in [0.2, 0.25) is 5.02 Å². The molecular weight excluding hydrogens is 236 g/mol. The molecule has 1 atom stereocenters. The Bertz CT molecular complexity index is 418. The van der Waals surface area contributed by atoms with E-state index in [1.54, 1.807) is 0 Å². The maximum Gasteiger partial charge on any atom is 0.156 e. The number of benzene rings is 1. The number of rotatable bonds is 4. The van der Waals surface area contributed by atoms with Gasteiger partial charge in [-0.25, -0.2) is 0 Å². The predicted octanol–water partition coefficient (Wildman–Crippen LogP) is 3.40. The van der Waals surface area contributed by atoms with E-state index in [4.69, 9.17) is 21.1 Å². The number of ether oxygens (including phenoxy) is 2. The Labute approximate surface area is 108 Å². The van der Waals surface area contributed by atoms with E-state index < -0.39 is 0 Å². The summed E-state index contributed by atoms with van der Waals surface area (Å²) in [6.07, 6.45) is -0.208. The van der Waals surface area contributed by atoms with Crippen molar-refractivity contribution in [2.45, 2.75) is 27.1 Å². The van der Waals surface area contributed by atoms with Crippen LogP contribution < -0.4 is 0 Å². The highest BCUT2D eigenvalue weighted by molar-refractivity contribution is 6.30. The van der Waals surface area contributed by atoms with Gasteiger partial charge in [-0.05, 0) is 44.5 Å². The molecule has 0 saturated carbocycles. The van der Waals surface area contributed by atoms with E-state index in [0.29, 0.717) is 13.2 Å². The first-order chi connectivity index (χ1) is 8.13. The summed E-state index contributed by atoms with van der Waals surface area (Å²) in [5.74, 6) is 6.00. The van der Waals surface area contributed by atoms with Gasteiger partial charge in [-0.3, -0.25) is 0 Å². The lowest BCUT2D eigenvalue weighted by molar-refractivity contribution is -0.117. The molecule has 1 aromatic carbocycles. The van der Waals surface area contributed by atoms with E-state index in [1.165, 1.54) is 0 Å². The van der Waals surface area contributed by atoms with Crippen molar-refractivity contribution in [3.05, 3.63) is 34.3 Å². The molecule has 1 aromatic rings. The second-order valence-corrected chi connectivity index (χ2v) is 4.03. The van der Waals surface area contributed by atoms with Gasteiger partial charge < -0.3 is 9.47 Å². The molecule has 0 radical (unpaired) electrons. The fraction of sp³-hybridized carbons (Fsp3) is 0.429. The Balaban J connectivity index is 2.49. The summed E-state index contributed by atoms with van der Waals surface area (Å²) in [5.41, 5.74) is 2.05. The third-order valence-electron chi connectivity index (χ3n) is 2.20. The molecule has 0 saturated heterocycles. The van der Waals surface area contributed by atoms with Gasteiger partial charge in [0.1, 0.15) is 6.61 Å². The van der Waals surface area contributed by atoms with Crippen molar-refractivity contribution in [1.82, 2.24) is 0 Å². The normalized spacial score (nSPS) is 11.8. The van der Waals surface area contributed by atoms with E-state index in [1.807, 2.05) is 39.0 Å². The molecule has 0 fully saturated rings. The molecule has 0 aliphatic heterocycles. The molecule has 0 heterocycles. The Morgan fingerprint density at radius 3 is 2.76 bits per heavy atom. The Kier molecular flexibility index (Phi) is 6.07. The summed E-state index contributed by atoms with van der Waals surface area (Å²) in [5, 5.41) is 0.731. The molecule has 0 bridgehead atoms. The summed E-state index contributed by atoms with van der Waals surface area (Å²) in [4.78, 5) is 0. The molecule has 2 nitrogen and oxygen atoms in total. The van der Waals surface area contributed by atoms with Crippen LogP contribution in [-0.2, 0) is 9.47 Å². The quantitative estimate of drug-likeness (QED) is 0.604. The molecule has 0 aromatic heterocycles. The van der Waals surface area contributed by atoms with Crippen molar-refractivity contribution in [3.8, 4) is 11.8 Å². The minimum atomic E-state index is -0.208. The molecule has 0 aliphatic rings. The predicted molar refractivity (Wildman–Crippen MR) is 70.1 cm³/mol. The van der Waals surface area contributed by atoms with Crippen molar-refractivity contribution in [2.24, 2.45) is 0 Å². The second kappa shape index (κ2) is 7.34. The number of aryl methyl sites for hydroxylation is 1. The summed E-state index contributed by atoms with van der Waals surface area (Å²) < 4.78 is 10.6. The van der Waals surface area contributed by atoms with Gasteiger partial charge in [0.2, 0.25) is 0 Å². The summed E-state index contributed by atoms with van der Waals surface area (Å²) >= 11 is 5.87. The van der Waals surface area contributed by atoms with Gasteiger partial charge >= 0.3 is 0 Å². The SMILES string of the molecule is CCOC(C)OCC#Cc1ccc(Cl)cc1C. The van der Waals surface area contributed by atoms with Crippen LogP contribution in [0.4, 0.5) is 0 Å². The van der Waals surface area contributed by atoms with Crippen molar-refractivity contribution < 1.29 is 9.47 Å². The number of halogens is 1. The standard InChI is InChI=1S/C14H17ClO2/c1-4-16-12(3)17-9-5-6-13-7-8-14(15)10-11(13)2/h7-8,10,12H,4,9H2,1-3H3. The van der Waals surface area contributed by atoms with Crippen LogP contribution >= 0.6 is 11.6 Å². The van der Waals surface area contributed by atoms with Gasteiger partial charge in [-0.15, -0.1) is 0 Å². The molecule has 17 heavy (non-hydrogen) atoms. The molecule has 0 aliphatic carbocycles. The van der Waals surface area contributed by atoms with Crippen molar-refractivity contribution >= 4 is 11.6 Å². The first-order valence-electron chi connectivity index (χ1n) is 5.61. The zero-order valence-corrected chi connectivity index (χ0v) is 11.2. The lowest BCUT2D eigenvalue weighted by Crippen LogP contribution is -2.12. The fourth-order valence-corrected chi connectivity index (χ4v) is 1.57. The van der Waals surface area contributed by atoms with Gasteiger partial charge in [0.25, 0.3) is 0 Å². The van der Waals surface area contributed by atoms with E-state index in [9.17, 15) is 0 Å². The minimum absolute atomic E-state index is 0.208. The number of hydrogen-bond acceptors (Lipinski definition) is 2. The number of hydrogen-bond donors (Lipinski definition) is 0. The van der Waals surface area contributed by atoms with Crippen LogP contribution in [-0.4, -0.2) is 19.5 Å². The smallest absolute Gasteiger partial charge is 0.156 e. The zero-order valence-electron chi connectivity index (χ0n) is 10.4. The Morgan fingerprint density at radius 2 is 2.12 bits per heavy atom. The van der Waals surface area contributed by atoms with E-state index >= 15 is 0 Å². The van der Waals surface area contributed by atoms with Crippen molar-refractivity contribution in [2.75, 3.05) is 13.2 Å². The van der Waals surface area contributed by atoms with Crippen LogP contribution in [0.15, 0.2) is 18.2 Å². The van der Waals surface area contributed by atoms with Gasteiger partial charge in [0, 0.05) is 17.2 Å². The molecule has 0 N–H and O–H groups in total. The largest absolute Gasteiger partial charge is 0.353 e. The average Bonchev–Trinajstić information content (AvgIpc) is 2.27. The fourth-order valence-electron chi connectivity index (χ4n) is 1.34. The highest BCUT2D eigenvalue weighted by Gasteiger charge is 1.98. The van der Waals surface area contributed by atoms with E-state index in [2.05, 4.69) is 11.8 Å². The lowest BCUT2D eigenvalue weighted by Gasteiger charge is -2.09. The molecule has 1 unspecified atom stereocenters. The average molecular weight is 253 g/mol. The third kappa shape index (κ3) is 5.23. The maximum atomic E-state index is 5.87. The summed E-state index contributed by atoms with van der Waals surface area (Å²) in [6, 6.07) is 5.65.